The Kier molecular flexibility index (Phi) is 4.25. The topological polar surface area (TPSA) is 15.6 Å². The highest BCUT2D eigenvalue weighted by molar-refractivity contribution is 6.58. The zero-order chi connectivity index (χ0) is 11.4. The van der Waals surface area contributed by atoms with Crippen molar-refractivity contribution >= 4 is 21.0 Å². The average molecular weight is 199 g/mol. The molecular weight excluding hydrogens is 182 g/mol. The van der Waals surface area contributed by atoms with Gasteiger partial charge in [0.25, 0.3) is 0 Å². The third-order valence-corrected chi connectivity index (χ3v) is 2.69. The maximum absolute atomic E-state index is 5.86. The lowest BCUT2D eigenvalue weighted by Crippen LogP contribution is -2.45. The van der Waals surface area contributed by atoms with Gasteiger partial charge in [-0.05, 0) is 13.8 Å². The summed E-state index contributed by atoms with van der Waals surface area (Å²) in [7, 11) is 8.02. The molecule has 1 heterocycles. The van der Waals surface area contributed by atoms with E-state index in [0.717, 1.165) is 29.6 Å². The van der Waals surface area contributed by atoms with E-state index in [1.165, 1.54) is 0 Å². The normalized spacial score (nSPS) is 27.5. The number of likely N-dealkylation sites (N-methyl/N-ethyl adjacent to an activating group) is 1. The summed E-state index contributed by atoms with van der Waals surface area (Å²) in [5, 5.41) is 0. The SMILES string of the molecule is [B]/C(C)=C1\[B]CC(C)N(CC)C1=NC=C. The standard InChI is InChI=1S/C11H17B2N2/c1-5-14-11-10(9(4)12)13-7-8(3)15(11)6-2/h5,8H,1,6-7H2,2-4H3/b10-9-,14-11?. The number of aliphatic imine (C=N–C) groups is 1. The van der Waals surface area contributed by atoms with Crippen molar-refractivity contribution in [2.24, 2.45) is 4.99 Å². The summed E-state index contributed by atoms with van der Waals surface area (Å²) in [6.45, 7) is 10.8. The molecule has 4 heteroatoms. The first-order valence-corrected chi connectivity index (χ1v) is 5.37. The molecule has 0 N–H and O–H groups in total. The van der Waals surface area contributed by atoms with E-state index in [2.05, 4.69) is 37.6 Å². The van der Waals surface area contributed by atoms with Gasteiger partial charge in [-0.1, -0.05) is 25.3 Å². The van der Waals surface area contributed by atoms with E-state index in [-0.39, 0.29) is 0 Å². The Labute approximate surface area is 94.8 Å². The van der Waals surface area contributed by atoms with E-state index in [4.69, 9.17) is 7.85 Å². The van der Waals surface area contributed by atoms with Gasteiger partial charge < -0.3 is 4.90 Å². The third-order valence-electron chi connectivity index (χ3n) is 2.69. The van der Waals surface area contributed by atoms with E-state index in [0.29, 0.717) is 6.04 Å². The van der Waals surface area contributed by atoms with Crippen LogP contribution in [-0.4, -0.2) is 38.4 Å². The van der Waals surface area contributed by atoms with Gasteiger partial charge in [-0.3, -0.25) is 0 Å². The van der Waals surface area contributed by atoms with Crippen LogP contribution >= 0.6 is 0 Å². The predicted octanol–water partition coefficient (Wildman–Crippen LogP) is 1.77. The van der Waals surface area contributed by atoms with Crippen molar-refractivity contribution in [2.75, 3.05) is 6.54 Å². The summed E-state index contributed by atoms with van der Waals surface area (Å²) in [5.41, 5.74) is 1.87. The molecule has 0 aliphatic carbocycles. The Hall–Kier alpha value is -0.920. The van der Waals surface area contributed by atoms with E-state index >= 15 is 0 Å². The van der Waals surface area contributed by atoms with E-state index in [9.17, 15) is 0 Å². The van der Waals surface area contributed by atoms with Crippen LogP contribution in [0.2, 0.25) is 6.32 Å². The maximum Gasteiger partial charge on any atom is 0.157 e. The van der Waals surface area contributed by atoms with Gasteiger partial charge in [0.05, 0.1) is 0 Å². The summed E-state index contributed by atoms with van der Waals surface area (Å²) in [5.74, 6) is 0.950. The summed E-state index contributed by atoms with van der Waals surface area (Å²) >= 11 is 0. The third kappa shape index (κ3) is 2.55. The largest absolute Gasteiger partial charge is 0.355 e. The molecule has 0 amide bonds. The molecule has 0 aromatic heterocycles. The molecule has 1 aliphatic rings. The summed E-state index contributed by atoms with van der Waals surface area (Å²) in [4.78, 5) is 6.58. The molecule has 15 heavy (non-hydrogen) atoms. The lowest BCUT2D eigenvalue weighted by atomic mass is 9.57. The number of nitrogens with zero attached hydrogens (tertiary/aromatic N) is 2. The van der Waals surface area contributed by atoms with E-state index < -0.39 is 0 Å². The number of amidine groups is 1. The Morgan fingerprint density at radius 2 is 2.47 bits per heavy atom. The Balaban J connectivity index is 3.10. The lowest BCUT2D eigenvalue weighted by Gasteiger charge is -2.37. The van der Waals surface area contributed by atoms with E-state index in [1.54, 1.807) is 6.20 Å². The molecule has 77 valence electrons. The van der Waals surface area contributed by atoms with Crippen molar-refractivity contribution in [1.82, 2.24) is 4.90 Å². The van der Waals surface area contributed by atoms with Crippen molar-refractivity contribution in [1.29, 1.82) is 0 Å². The molecule has 1 unspecified atom stereocenters. The van der Waals surface area contributed by atoms with Crippen LogP contribution in [0.1, 0.15) is 20.8 Å². The molecular formula is C11H17B2N2. The van der Waals surface area contributed by atoms with E-state index in [1.807, 2.05) is 6.92 Å². The smallest absolute Gasteiger partial charge is 0.157 e. The van der Waals surface area contributed by atoms with Crippen LogP contribution in [0.4, 0.5) is 0 Å². The minimum atomic E-state index is 0.483. The zero-order valence-corrected chi connectivity index (χ0v) is 9.83. The first-order valence-electron chi connectivity index (χ1n) is 5.37. The van der Waals surface area contributed by atoms with Gasteiger partial charge in [0.2, 0.25) is 0 Å². The monoisotopic (exact) mass is 199 g/mol. The first-order chi connectivity index (χ1) is 7.11. The van der Waals surface area contributed by atoms with Crippen LogP contribution in [0.25, 0.3) is 0 Å². The van der Waals surface area contributed by atoms with Crippen molar-refractivity contribution in [3.8, 4) is 0 Å². The quantitative estimate of drug-likeness (QED) is 0.618. The number of hydrogen-bond acceptors (Lipinski definition) is 1. The highest BCUT2D eigenvalue weighted by atomic mass is 15.2. The Morgan fingerprint density at radius 3 is 2.93 bits per heavy atom. The molecule has 1 aliphatic heterocycles. The molecule has 0 aromatic carbocycles. The van der Waals surface area contributed by atoms with Gasteiger partial charge in [0, 0.05) is 18.8 Å². The minimum absolute atomic E-state index is 0.483. The Bertz CT molecular complexity index is 304. The molecule has 2 nitrogen and oxygen atoms in total. The minimum Gasteiger partial charge on any atom is -0.355 e. The average Bonchev–Trinajstić information content (AvgIpc) is 2.18. The zero-order valence-electron chi connectivity index (χ0n) is 9.83. The molecule has 1 fully saturated rings. The van der Waals surface area contributed by atoms with Gasteiger partial charge >= 0.3 is 0 Å². The molecule has 1 rings (SSSR count). The number of hydrogen-bond donors (Lipinski definition) is 0. The second kappa shape index (κ2) is 5.24. The fraction of sp³-hybridized carbons (Fsp3) is 0.545. The molecule has 0 bridgehead atoms. The second-order valence-corrected chi connectivity index (χ2v) is 3.81. The van der Waals surface area contributed by atoms with Crippen molar-refractivity contribution in [3.63, 3.8) is 0 Å². The highest BCUT2D eigenvalue weighted by Crippen LogP contribution is 2.20. The summed E-state index contributed by atoms with van der Waals surface area (Å²) in [6, 6.07) is 0.483. The second-order valence-electron chi connectivity index (χ2n) is 3.81. The summed E-state index contributed by atoms with van der Waals surface area (Å²) in [6.07, 6.45) is 2.60. The molecule has 3 radical (unpaired) electrons. The predicted molar refractivity (Wildman–Crippen MR) is 68.5 cm³/mol. The molecule has 1 atom stereocenters. The van der Waals surface area contributed by atoms with Gasteiger partial charge in [-0.25, -0.2) is 4.99 Å². The summed E-state index contributed by atoms with van der Waals surface area (Å²) < 4.78 is 0. The highest BCUT2D eigenvalue weighted by Gasteiger charge is 2.26. The van der Waals surface area contributed by atoms with Crippen molar-refractivity contribution in [3.05, 3.63) is 23.7 Å². The molecule has 0 aromatic rings. The maximum atomic E-state index is 5.86. The van der Waals surface area contributed by atoms with Crippen LogP contribution in [-0.2, 0) is 0 Å². The van der Waals surface area contributed by atoms with Gasteiger partial charge in [-0.15, -0.1) is 5.47 Å². The molecule has 1 saturated heterocycles. The van der Waals surface area contributed by atoms with Gasteiger partial charge in [-0.2, -0.15) is 0 Å². The first kappa shape index (κ1) is 12.2. The van der Waals surface area contributed by atoms with Crippen LogP contribution in [0.5, 0.6) is 0 Å². The molecule has 0 saturated carbocycles. The van der Waals surface area contributed by atoms with Crippen LogP contribution < -0.4 is 0 Å². The fourth-order valence-electron chi connectivity index (χ4n) is 1.90. The van der Waals surface area contributed by atoms with Crippen LogP contribution in [0, 0.1) is 0 Å². The van der Waals surface area contributed by atoms with Crippen LogP contribution in [0.15, 0.2) is 28.7 Å². The fourth-order valence-corrected chi connectivity index (χ4v) is 1.90. The number of allylic oxidation sites excluding steroid dienone is 1. The van der Waals surface area contributed by atoms with Gasteiger partial charge in [0.15, 0.2) is 7.28 Å². The number of rotatable bonds is 2. The lowest BCUT2D eigenvalue weighted by molar-refractivity contribution is 0.362. The van der Waals surface area contributed by atoms with Crippen molar-refractivity contribution in [2.45, 2.75) is 33.1 Å². The molecule has 0 spiro atoms. The Morgan fingerprint density at radius 1 is 1.80 bits per heavy atom. The van der Waals surface area contributed by atoms with Crippen molar-refractivity contribution < 1.29 is 0 Å². The van der Waals surface area contributed by atoms with Crippen LogP contribution in [0.3, 0.4) is 0 Å². The van der Waals surface area contributed by atoms with Gasteiger partial charge in [0.1, 0.15) is 13.7 Å².